The molecule has 0 spiro atoms. The van der Waals surface area contributed by atoms with Crippen molar-refractivity contribution in [3.8, 4) is 0 Å². The van der Waals surface area contributed by atoms with Crippen molar-refractivity contribution < 1.29 is 28.9 Å². The first kappa shape index (κ1) is 15.7. The van der Waals surface area contributed by atoms with Crippen molar-refractivity contribution in [3.05, 3.63) is 0 Å². The largest absolute Gasteiger partial charge is 0.479 e. The van der Waals surface area contributed by atoms with Crippen molar-refractivity contribution in [1.29, 1.82) is 0 Å². The highest BCUT2D eigenvalue weighted by molar-refractivity contribution is 5.74. The van der Waals surface area contributed by atoms with Crippen LogP contribution in [-0.4, -0.2) is 66.7 Å². The van der Waals surface area contributed by atoms with Crippen LogP contribution in [0.5, 0.6) is 0 Å². The van der Waals surface area contributed by atoms with Gasteiger partial charge in [-0.3, -0.25) is 0 Å². The maximum absolute atomic E-state index is 12.0. The Hall–Kier alpha value is -1.34. The normalized spacial score (nSPS) is 24.7. The molecule has 0 aromatic rings. The molecule has 0 bridgehead atoms. The highest BCUT2D eigenvalue weighted by atomic mass is 16.6. The third-order valence-corrected chi connectivity index (χ3v) is 2.55. The van der Waals surface area contributed by atoms with Gasteiger partial charge in [0.1, 0.15) is 5.60 Å². The van der Waals surface area contributed by atoms with Crippen LogP contribution in [0.2, 0.25) is 0 Å². The lowest BCUT2D eigenvalue weighted by atomic mass is 10.2. The summed E-state index contributed by atoms with van der Waals surface area (Å²) in [6.07, 6.45) is -1.99. The summed E-state index contributed by atoms with van der Waals surface area (Å²) in [4.78, 5) is 24.3. The van der Waals surface area contributed by atoms with Gasteiger partial charge in [0.15, 0.2) is 6.10 Å². The number of hydrogen-bond donors (Lipinski definition) is 1. The Balaban J connectivity index is 2.76. The van der Waals surface area contributed by atoms with E-state index in [1.807, 2.05) is 0 Å². The average molecular weight is 275 g/mol. The van der Waals surface area contributed by atoms with E-state index in [4.69, 9.17) is 19.3 Å². The molecule has 7 heteroatoms. The van der Waals surface area contributed by atoms with Crippen molar-refractivity contribution in [2.75, 3.05) is 26.8 Å². The summed E-state index contributed by atoms with van der Waals surface area (Å²) in [6.45, 7) is 5.58. The molecule has 1 heterocycles. The lowest BCUT2D eigenvalue weighted by Crippen LogP contribution is -2.44. The Morgan fingerprint density at radius 1 is 1.32 bits per heavy atom. The van der Waals surface area contributed by atoms with Crippen LogP contribution in [0.3, 0.4) is 0 Å². The molecule has 2 unspecified atom stereocenters. The second-order valence-corrected chi connectivity index (χ2v) is 5.40. The van der Waals surface area contributed by atoms with E-state index in [0.717, 1.165) is 0 Å². The number of rotatable bonds is 2. The lowest BCUT2D eigenvalue weighted by Gasteiger charge is -2.28. The van der Waals surface area contributed by atoms with Crippen molar-refractivity contribution in [1.82, 2.24) is 4.90 Å². The second-order valence-electron chi connectivity index (χ2n) is 5.40. The molecule has 1 saturated heterocycles. The molecule has 1 aliphatic heterocycles. The summed E-state index contributed by atoms with van der Waals surface area (Å²) in [5.41, 5.74) is -0.633. The minimum absolute atomic E-state index is 0.0515. The van der Waals surface area contributed by atoms with E-state index in [1.165, 1.54) is 12.0 Å². The Kier molecular flexibility index (Phi) is 5.13. The number of carboxylic acid groups (broad SMARTS) is 1. The number of carbonyl (C=O) groups is 2. The minimum Gasteiger partial charge on any atom is -0.479 e. The Labute approximate surface area is 112 Å². The highest BCUT2D eigenvalue weighted by Crippen LogP contribution is 2.14. The van der Waals surface area contributed by atoms with Gasteiger partial charge in [-0.05, 0) is 20.8 Å². The zero-order chi connectivity index (χ0) is 14.6. The quantitative estimate of drug-likeness (QED) is 0.799. The number of ether oxygens (including phenoxy) is 3. The van der Waals surface area contributed by atoms with Gasteiger partial charge >= 0.3 is 12.1 Å². The van der Waals surface area contributed by atoms with Gasteiger partial charge in [-0.2, -0.15) is 0 Å². The molecule has 0 aromatic heterocycles. The first-order valence-electron chi connectivity index (χ1n) is 6.08. The molecule has 1 fully saturated rings. The van der Waals surface area contributed by atoms with Crippen molar-refractivity contribution in [2.24, 2.45) is 0 Å². The molecule has 1 rings (SSSR count). The van der Waals surface area contributed by atoms with E-state index in [-0.39, 0.29) is 25.8 Å². The summed E-state index contributed by atoms with van der Waals surface area (Å²) in [7, 11) is 1.49. The average Bonchev–Trinajstić information content (AvgIpc) is 2.48. The molecule has 1 N–H and O–H groups in total. The van der Waals surface area contributed by atoms with E-state index < -0.39 is 23.8 Å². The van der Waals surface area contributed by atoms with Gasteiger partial charge in [0.2, 0.25) is 0 Å². The minimum atomic E-state index is -1.11. The smallest absolute Gasteiger partial charge is 0.410 e. The number of aliphatic carboxylic acids is 1. The number of nitrogens with zero attached hydrogens (tertiary/aromatic N) is 1. The van der Waals surface area contributed by atoms with Crippen molar-refractivity contribution >= 4 is 12.1 Å². The van der Waals surface area contributed by atoms with E-state index in [1.54, 1.807) is 20.8 Å². The molecule has 0 aromatic carbocycles. The van der Waals surface area contributed by atoms with Crippen LogP contribution in [0.25, 0.3) is 0 Å². The zero-order valence-electron chi connectivity index (χ0n) is 11.7. The Morgan fingerprint density at radius 2 is 1.95 bits per heavy atom. The van der Waals surface area contributed by atoms with Crippen LogP contribution < -0.4 is 0 Å². The molecule has 0 aliphatic carbocycles. The number of carboxylic acids is 1. The van der Waals surface area contributed by atoms with Gasteiger partial charge in [-0.1, -0.05) is 0 Å². The SMILES string of the molecule is COC1COC(C(=O)O)CN(C(=O)OC(C)(C)C)C1. The molecule has 0 radical (unpaired) electrons. The second kappa shape index (κ2) is 6.21. The summed E-state index contributed by atoms with van der Waals surface area (Å²) in [5, 5.41) is 9.01. The molecule has 1 amide bonds. The predicted molar refractivity (Wildman–Crippen MR) is 66.0 cm³/mol. The lowest BCUT2D eigenvalue weighted by molar-refractivity contribution is -0.151. The van der Waals surface area contributed by atoms with Gasteiger partial charge in [0.25, 0.3) is 0 Å². The third kappa shape index (κ3) is 5.04. The van der Waals surface area contributed by atoms with Crippen LogP contribution in [-0.2, 0) is 19.0 Å². The number of hydrogen-bond acceptors (Lipinski definition) is 5. The fourth-order valence-electron chi connectivity index (χ4n) is 1.62. The van der Waals surface area contributed by atoms with Crippen molar-refractivity contribution in [3.63, 3.8) is 0 Å². The summed E-state index contributed by atoms with van der Waals surface area (Å²) in [5.74, 6) is -1.11. The van der Waals surface area contributed by atoms with E-state index >= 15 is 0 Å². The summed E-state index contributed by atoms with van der Waals surface area (Å²) >= 11 is 0. The number of carbonyl (C=O) groups excluding carboxylic acids is 1. The maximum atomic E-state index is 12.0. The van der Waals surface area contributed by atoms with E-state index in [9.17, 15) is 9.59 Å². The maximum Gasteiger partial charge on any atom is 0.410 e. The standard InChI is InChI=1S/C12H21NO6/c1-12(2,3)19-11(16)13-5-8(17-4)7-18-9(6-13)10(14)15/h8-9H,5-7H2,1-4H3,(H,14,15). The number of amides is 1. The van der Waals surface area contributed by atoms with E-state index in [2.05, 4.69) is 0 Å². The Bertz CT molecular complexity index is 338. The molecular weight excluding hydrogens is 254 g/mol. The zero-order valence-corrected chi connectivity index (χ0v) is 11.7. The van der Waals surface area contributed by atoms with Gasteiger partial charge in [-0.15, -0.1) is 0 Å². The number of methoxy groups -OCH3 is 1. The molecule has 2 atom stereocenters. The van der Waals surface area contributed by atoms with Gasteiger partial charge in [0, 0.05) is 7.11 Å². The Morgan fingerprint density at radius 3 is 2.42 bits per heavy atom. The van der Waals surface area contributed by atoms with Crippen LogP contribution in [0.15, 0.2) is 0 Å². The topological polar surface area (TPSA) is 85.3 Å². The van der Waals surface area contributed by atoms with Crippen LogP contribution in [0.4, 0.5) is 4.79 Å². The fraction of sp³-hybridized carbons (Fsp3) is 0.833. The first-order valence-corrected chi connectivity index (χ1v) is 6.08. The van der Waals surface area contributed by atoms with Gasteiger partial charge < -0.3 is 24.2 Å². The summed E-state index contributed by atoms with van der Waals surface area (Å²) in [6, 6.07) is 0. The van der Waals surface area contributed by atoms with Crippen LogP contribution in [0, 0.1) is 0 Å². The molecule has 0 saturated carbocycles. The summed E-state index contributed by atoms with van der Waals surface area (Å²) < 4.78 is 15.6. The van der Waals surface area contributed by atoms with Crippen LogP contribution >= 0.6 is 0 Å². The fourth-order valence-corrected chi connectivity index (χ4v) is 1.62. The van der Waals surface area contributed by atoms with Gasteiger partial charge in [0.05, 0.1) is 25.8 Å². The first-order chi connectivity index (χ1) is 8.73. The predicted octanol–water partition coefficient (Wildman–Crippen LogP) is 0.722. The molecule has 19 heavy (non-hydrogen) atoms. The third-order valence-electron chi connectivity index (χ3n) is 2.55. The van der Waals surface area contributed by atoms with Crippen LogP contribution in [0.1, 0.15) is 20.8 Å². The van der Waals surface area contributed by atoms with Gasteiger partial charge in [-0.25, -0.2) is 9.59 Å². The molecule has 1 aliphatic rings. The van der Waals surface area contributed by atoms with E-state index in [0.29, 0.717) is 0 Å². The monoisotopic (exact) mass is 275 g/mol. The van der Waals surface area contributed by atoms with Crippen molar-refractivity contribution in [2.45, 2.75) is 38.6 Å². The molecular formula is C12H21NO6. The highest BCUT2D eigenvalue weighted by Gasteiger charge is 2.33. The molecule has 7 nitrogen and oxygen atoms in total. The molecule has 110 valence electrons.